The first-order valence-corrected chi connectivity index (χ1v) is 11.9. The van der Waals surface area contributed by atoms with E-state index in [1.54, 1.807) is 36.1 Å². The van der Waals surface area contributed by atoms with E-state index in [9.17, 15) is 9.59 Å². The Hall–Kier alpha value is -1.40. The van der Waals surface area contributed by atoms with Crippen LogP contribution >= 0.6 is 46.6 Å². The van der Waals surface area contributed by atoms with Crippen LogP contribution in [-0.2, 0) is 21.9 Å². The van der Waals surface area contributed by atoms with Gasteiger partial charge >= 0.3 is 0 Å². The van der Waals surface area contributed by atoms with Gasteiger partial charge in [-0.3, -0.25) is 9.59 Å². The summed E-state index contributed by atoms with van der Waals surface area (Å²) >= 11 is 19.7. The summed E-state index contributed by atoms with van der Waals surface area (Å²) < 4.78 is 0. The van der Waals surface area contributed by atoms with Crippen molar-refractivity contribution in [1.29, 1.82) is 0 Å². The van der Waals surface area contributed by atoms with Gasteiger partial charge < -0.3 is 10.2 Å². The highest BCUT2D eigenvalue weighted by atomic mass is 35.5. The molecule has 0 aliphatic carbocycles. The normalized spacial score (nSPS) is 11.8. The van der Waals surface area contributed by atoms with Crippen molar-refractivity contribution in [2.24, 2.45) is 0 Å². The minimum absolute atomic E-state index is 0.121. The maximum absolute atomic E-state index is 13.0. The summed E-state index contributed by atoms with van der Waals surface area (Å²) in [5.74, 6) is 0.510. The number of thioether (sulfide) groups is 1. The van der Waals surface area contributed by atoms with Gasteiger partial charge in [-0.25, -0.2) is 0 Å². The van der Waals surface area contributed by atoms with E-state index in [4.69, 9.17) is 34.8 Å². The van der Waals surface area contributed by atoms with Gasteiger partial charge in [-0.1, -0.05) is 59.9 Å². The zero-order valence-electron chi connectivity index (χ0n) is 17.0. The van der Waals surface area contributed by atoms with Gasteiger partial charge in [0.1, 0.15) is 6.04 Å². The van der Waals surface area contributed by atoms with Gasteiger partial charge in [0.2, 0.25) is 11.8 Å². The summed E-state index contributed by atoms with van der Waals surface area (Å²) in [6.07, 6.45) is 0.832. The van der Waals surface area contributed by atoms with Crippen molar-refractivity contribution in [3.63, 3.8) is 0 Å². The molecule has 0 spiro atoms. The monoisotopic (exact) mass is 486 g/mol. The number of rotatable bonds is 10. The average molecular weight is 488 g/mol. The van der Waals surface area contributed by atoms with Crippen molar-refractivity contribution >= 4 is 58.4 Å². The van der Waals surface area contributed by atoms with Gasteiger partial charge in [-0.05, 0) is 48.7 Å². The zero-order chi connectivity index (χ0) is 22.1. The van der Waals surface area contributed by atoms with Crippen molar-refractivity contribution in [3.8, 4) is 0 Å². The van der Waals surface area contributed by atoms with E-state index in [0.29, 0.717) is 33.9 Å². The van der Waals surface area contributed by atoms with Crippen molar-refractivity contribution < 1.29 is 9.59 Å². The van der Waals surface area contributed by atoms with Crippen LogP contribution in [0.1, 0.15) is 31.4 Å². The molecule has 30 heavy (non-hydrogen) atoms. The molecule has 0 heterocycles. The van der Waals surface area contributed by atoms with Crippen LogP contribution in [0, 0.1) is 0 Å². The smallest absolute Gasteiger partial charge is 0.242 e. The van der Waals surface area contributed by atoms with Gasteiger partial charge in [-0.15, -0.1) is 11.8 Å². The Bertz CT molecular complexity index is 879. The molecule has 0 fully saturated rings. The summed E-state index contributed by atoms with van der Waals surface area (Å²) in [5, 5.41) is 4.60. The van der Waals surface area contributed by atoms with E-state index in [1.807, 2.05) is 25.1 Å². The highest BCUT2D eigenvalue weighted by Crippen LogP contribution is 2.25. The lowest BCUT2D eigenvalue weighted by molar-refractivity contribution is -0.138. The van der Waals surface area contributed by atoms with E-state index < -0.39 is 6.04 Å². The second-order valence-electron chi connectivity index (χ2n) is 6.85. The molecule has 0 saturated heterocycles. The third kappa shape index (κ3) is 7.69. The van der Waals surface area contributed by atoms with E-state index in [0.717, 1.165) is 17.5 Å². The Labute approximate surface area is 197 Å². The van der Waals surface area contributed by atoms with Crippen LogP contribution in [0.15, 0.2) is 42.5 Å². The van der Waals surface area contributed by atoms with Crippen LogP contribution in [0.2, 0.25) is 15.1 Å². The predicted molar refractivity (Wildman–Crippen MR) is 127 cm³/mol. The lowest BCUT2D eigenvalue weighted by Gasteiger charge is -2.29. The first kappa shape index (κ1) is 24.9. The summed E-state index contributed by atoms with van der Waals surface area (Å²) in [7, 11) is 0. The number of benzene rings is 2. The highest BCUT2D eigenvalue weighted by Gasteiger charge is 2.26. The molecule has 2 rings (SSSR count). The number of nitrogens with zero attached hydrogens (tertiary/aromatic N) is 1. The fourth-order valence-electron chi connectivity index (χ4n) is 2.78. The molecule has 8 heteroatoms. The third-order valence-corrected chi connectivity index (χ3v) is 6.24. The zero-order valence-corrected chi connectivity index (χ0v) is 20.0. The molecule has 0 saturated carbocycles. The highest BCUT2D eigenvalue weighted by molar-refractivity contribution is 7.99. The molecule has 0 aliphatic heterocycles. The van der Waals surface area contributed by atoms with E-state index in [1.165, 1.54) is 11.8 Å². The quantitative estimate of drug-likeness (QED) is 0.459. The number of carbonyl (C=O) groups is 2. The molecule has 0 radical (unpaired) electrons. The molecule has 0 bridgehead atoms. The minimum Gasteiger partial charge on any atom is -0.354 e. The van der Waals surface area contributed by atoms with Crippen LogP contribution in [0.3, 0.4) is 0 Å². The molecule has 0 aromatic heterocycles. The van der Waals surface area contributed by atoms with Crippen molar-refractivity contribution in [2.45, 2.75) is 38.6 Å². The lowest BCUT2D eigenvalue weighted by Crippen LogP contribution is -2.48. The molecule has 4 nitrogen and oxygen atoms in total. The Morgan fingerprint density at radius 3 is 2.50 bits per heavy atom. The van der Waals surface area contributed by atoms with Crippen molar-refractivity contribution in [3.05, 3.63) is 68.7 Å². The lowest BCUT2D eigenvalue weighted by atomic mass is 10.1. The van der Waals surface area contributed by atoms with Crippen molar-refractivity contribution in [1.82, 2.24) is 10.2 Å². The summed E-state index contributed by atoms with van der Waals surface area (Å²) in [6.45, 7) is 4.61. The third-order valence-electron chi connectivity index (χ3n) is 4.46. The molecule has 1 atom stereocenters. The summed E-state index contributed by atoms with van der Waals surface area (Å²) in [4.78, 5) is 27.1. The number of hydrogen-bond donors (Lipinski definition) is 1. The second-order valence-corrected chi connectivity index (χ2v) is 9.11. The van der Waals surface area contributed by atoms with E-state index in [-0.39, 0.29) is 17.6 Å². The number of amides is 2. The van der Waals surface area contributed by atoms with Crippen LogP contribution < -0.4 is 5.32 Å². The first-order chi connectivity index (χ1) is 14.3. The second kappa shape index (κ2) is 12.5. The van der Waals surface area contributed by atoms with Crippen LogP contribution in [0.25, 0.3) is 0 Å². The number of nitrogens with one attached hydrogen (secondary N) is 1. The SMILES string of the molecule is CCCNC(=O)[C@@H](C)N(Cc1cccc(Cl)c1)C(=O)CSCc1ccc(Cl)cc1Cl. The molecule has 2 aromatic carbocycles. The fourth-order valence-corrected chi connectivity index (χ4v) is 4.46. The Morgan fingerprint density at radius 2 is 1.83 bits per heavy atom. The molecule has 1 N–H and O–H groups in total. The van der Waals surface area contributed by atoms with Crippen LogP contribution in [0.5, 0.6) is 0 Å². The largest absolute Gasteiger partial charge is 0.354 e. The fraction of sp³-hybridized carbons (Fsp3) is 0.364. The molecule has 162 valence electrons. The maximum atomic E-state index is 13.0. The molecular weight excluding hydrogens is 463 g/mol. The number of carbonyl (C=O) groups excluding carboxylic acids is 2. The maximum Gasteiger partial charge on any atom is 0.242 e. The van der Waals surface area contributed by atoms with Gasteiger partial charge in [0, 0.05) is 33.9 Å². The molecule has 0 aliphatic rings. The van der Waals surface area contributed by atoms with Gasteiger partial charge in [-0.2, -0.15) is 0 Å². The molecule has 2 amide bonds. The Morgan fingerprint density at radius 1 is 1.10 bits per heavy atom. The van der Waals surface area contributed by atoms with E-state index in [2.05, 4.69) is 5.32 Å². The first-order valence-electron chi connectivity index (χ1n) is 9.65. The standard InChI is InChI=1S/C22H25Cl3N2O2S/c1-3-9-26-22(29)15(2)27(12-16-5-4-6-18(23)10-16)21(28)14-30-13-17-7-8-19(24)11-20(17)25/h4-8,10-11,15H,3,9,12-14H2,1-2H3,(H,26,29)/t15-/m1/s1. The van der Waals surface area contributed by atoms with Crippen LogP contribution in [-0.4, -0.2) is 35.1 Å². The molecule has 0 unspecified atom stereocenters. The predicted octanol–water partition coefficient (Wildman–Crippen LogP) is 5.82. The minimum atomic E-state index is -0.595. The van der Waals surface area contributed by atoms with Crippen molar-refractivity contribution in [2.75, 3.05) is 12.3 Å². The number of hydrogen-bond acceptors (Lipinski definition) is 3. The number of halogens is 3. The molecular formula is C22H25Cl3N2O2S. The van der Waals surface area contributed by atoms with Gasteiger partial charge in [0.05, 0.1) is 5.75 Å². The average Bonchev–Trinajstić information content (AvgIpc) is 2.71. The van der Waals surface area contributed by atoms with Gasteiger partial charge in [0.15, 0.2) is 0 Å². The topological polar surface area (TPSA) is 49.4 Å². The van der Waals surface area contributed by atoms with Gasteiger partial charge in [0.25, 0.3) is 0 Å². The Balaban J connectivity index is 2.07. The summed E-state index contributed by atoms with van der Waals surface area (Å²) in [5.41, 5.74) is 1.78. The van der Waals surface area contributed by atoms with Crippen LogP contribution in [0.4, 0.5) is 0 Å². The Kier molecular flexibility index (Phi) is 10.3. The molecule has 2 aromatic rings. The van der Waals surface area contributed by atoms with E-state index >= 15 is 0 Å². The summed E-state index contributed by atoms with van der Waals surface area (Å²) in [6, 6.07) is 12.0.